The largest absolute Gasteiger partial charge is 0.481 e. The molecular formula is C16H22N4O4. The topological polar surface area (TPSA) is 110 Å². The number of carbonyl (C=O) groups is 1. The second-order valence-corrected chi connectivity index (χ2v) is 6.34. The highest BCUT2D eigenvalue weighted by Gasteiger charge is 2.23. The van der Waals surface area contributed by atoms with Gasteiger partial charge in [-0.25, -0.2) is 9.78 Å². The summed E-state index contributed by atoms with van der Waals surface area (Å²) in [6.45, 7) is 2.19. The fraction of sp³-hybridized carbons (Fsp3) is 0.625. The quantitative estimate of drug-likeness (QED) is 0.830. The summed E-state index contributed by atoms with van der Waals surface area (Å²) in [5, 5.41) is 8.93. The van der Waals surface area contributed by atoms with Crippen molar-refractivity contribution in [3.8, 4) is 0 Å². The van der Waals surface area contributed by atoms with Crippen molar-refractivity contribution >= 4 is 17.1 Å². The fourth-order valence-electron chi connectivity index (χ4n) is 3.41. The van der Waals surface area contributed by atoms with Gasteiger partial charge in [-0.15, -0.1) is 0 Å². The van der Waals surface area contributed by atoms with Crippen LogP contribution in [0.3, 0.4) is 0 Å². The van der Waals surface area contributed by atoms with Gasteiger partial charge in [0.25, 0.3) is 5.56 Å². The number of nitrogens with zero attached hydrogens (tertiary/aromatic N) is 3. The molecular weight excluding hydrogens is 312 g/mol. The van der Waals surface area contributed by atoms with E-state index >= 15 is 0 Å². The first kappa shape index (κ1) is 16.5. The average molecular weight is 334 g/mol. The van der Waals surface area contributed by atoms with Gasteiger partial charge in [0.05, 0.1) is 6.42 Å². The number of carboxylic acids is 1. The molecule has 8 nitrogen and oxygen atoms in total. The van der Waals surface area contributed by atoms with E-state index in [1.807, 2.05) is 6.92 Å². The van der Waals surface area contributed by atoms with Crippen LogP contribution in [-0.4, -0.2) is 30.2 Å². The van der Waals surface area contributed by atoms with E-state index in [0.717, 1.165) is 31.5 Å². The van der Waals surface area contributed by atoms with Crippen molar-refractivity contribution in [1.29, 1.82) is 0 Å². The number of aromatic nitrogens is 4. The van der Waals surface area contributed by atoms with Gasteiger partial charge in [0.15, 0.2) is 5.65 Å². The molecule has 2 N–H and O–H groups in total. The van der Waals surface area contributed by atoms with E-state index in [1.54, 1.807) is 0 Å². The molecule has 3 rings (SSSR count). The molecule has 0 radical (unpaired) electrons. The lowest BCUT2D eigenvalue weighted by Crippen LogP contribution is -2.40. The molecule has 0 unspecified atom stereocenters. The van der Waals surface area contributed by atoms with Gasteiger partial charge in [-0.3, -0.25) is 18.7 Å². The van der Waals surface area contributed by atoms with Crippen molar-refractivity contribution in [3.63, 3.8) is 0 Å². The summed E-state index contributed by atoms with van der Waals surface area (Å²) < 4.78 is 2.48. The van der Waals surface area contributed by atoms with Crippen molar-refractivity contribution in [1.82, 2.24) is 19.1 Å². The summed E-state index contributed by atoms with van der Waals surface area (Å²) in [6.07, 6.45) is 4.75. The predicted molar refractivity (Wildman–Crippen MR) is 88.4 cm³/mol. The highest BCUT2D eigenvalue weighted by atomic mass is 16.4. The number of rotatable bonds is 6. The first-order valence-electron chi connectivity index (χ1n) is 8.48. The van der Waals surface area contributed by atoms with Gasteiger partial charge < -0.3 is 10.1 Å². The van der Waals surface area contributed by atoms with Gasteiger partial charge in [-0.05, 0) is 19.3 Å². The van der Waals surface area contributed by atoms with E-state index in [0.29, 0.717) is 18.5 Å². The lowest BCUT2D eigenvalue weighted by atomic mass is 10.1. The minimum Gasteiger partial charge on any atom is -0.481 e. The van der Waals surface area contributed by atoms with Crippen molar-refractivity contribution in [3.05, 3.63) is 26.7 Å². The minimum absolute atomic E-state index is 0.00359. The van der Waals surface area contributed by atoms with Crippen LogP contribution in [0.15, 0.2) is 9.59 Å². The van der Waals surface area contributed by atoms with E-state index in [1.165, 1.54) is 9.13 Å². The standard InChI is InChI=1S/C16H22N4O4/c1-2-8-20-15(23)12-14(19(16(20)24)9-7-11(21)22)18-13(17-12)10-5-3-4-6-10/h10H,2-9H2,1H3,(H,17,18)(H,21,22). The Balaban J connectivity index is 2.18. The molecule has 1 aliphatic rings. The Hall–Kier alpha value is -2.38. The number of hydrogen-bond acceptors (Lipinski definition) is 4. The van der Waals surface area contributed by atoms with Crippen molar-refractivity contribution in [2.75, 3.05) is 0 Å². The zero-order valence-electron chi connectivity index (χ0n) is 13.7. The SMILES string of the molecule is CCCn1c(=O)c2[nH]c(C3CCCC3)nc2n(CCC(=O)O)c1=O. The fourth-order valence-corrected chi connectivity index (χ4v) is 3.41. The van der Waals surface area contributed by atoms with Crippen LogP contribution in [0, 0.1) is 0 Å². The number of fused-ring (bicyclic) bond motifs is 1. The number of aryl methyl sites for hydroxylation is 1. The van der Waals surface area contributed by atoms with Gasteiger partial charge in [-0.1, -0.05) is 19.8 Å². The number of aliphatic carboxylic acids is 1. The monoisotopic (exact) mass is 334 g/mol. The Morgan fingerprint density at radius 1 is 1.25 bits per heavy atom. The molecule has 0 aliphatic heterocycles. The Bertz CT molecular complexity index is 871. The van der Waals surface area contributed by atoms with E-state index in [4.69, 9.17) is 5.11 Å². The van der Waals surface area contributed by atoms with Crippen LogP contribution in [0.2, 0.25) is 0 Å². The molecule has 24 heavy (non-hydrogen) atoms. The van der Waals surface area contributed by atoms with Crippen LogP contribution in [0.5, 0.6) is 0 Å². The molecule has 2 heterocycles. The predicted octanol–water partition coefficient (Wildman–Crippen LogP) is 1.43. The van der Waals surface area contributed by atoms with Gasteiger partial charge in [-0.2, -0.15) is 0 Å². The number of carboxylic acid groups (broad SMARTS) is 1. The summed E-state index contributed by atoms with van der Waals surface area (Å²) in [5.41, 5.74) is -0.281. The lowest BCUT2D eigenvalue weighted by molar-refractivity contribution is -0.137. The zero-order valence-corrected chi connectivity index (χ0v) is 13.7. The molecule has 0 atom stereocenters. The number of aromatic amines is 1. The number of H-pyrrole nitrogens is 1. The Morgan fingerprint density at radius 2 is 1.96 bits per heavy atom. The normalized spacial score (nSPS) is 15.4. The highest BCUT2D eigenvalue weighted by molar-refractivity contribution is 5.71. The van der Waals surface area contributed by atoms with E-state index in [-0.39, 0.29) is 30.1 Å². The number of imidazole rings is 1. The van der Waals surface area contributed by atoms with Gasteiger partial charge >= 0.3 is 11.7 Å². The maximum Gasteiger partial charge on any atom is 0.332 e. The highest BCUT2D eigenvalue weighted by Crippen LogP contribution is 2.32. The molecule has 0 aromatic carbocycles. The van der Waals surface area contributed by atoms with Crippen LogP contribution in [-0.2, 0) is 17.9 Å². The van der Waals surface area contributed by atoms with E-state index in [2.05, 4.69) is 9.97 Å². The molecule has 8 heteroatoms. The van der Waals surface area contributed by atoms with Gasteiger partial charge in [0.1, 0.15) is 11.3 Å². The van der Waals surface area contributed by atoms with Gasteiger partial charge in [0, 0.05) is 19.0 Å². The molecule has 0 bridgehead atoms. The maximum absolute atomic E-state index is 12.6. The third kappa shape index (κ3) is 2.88. The summed E-state index contributed by atoms with van der Waals surface area (Å²) in [5.74, 6) is 0.0200. The van der Waals surface area contributed by atoms with Gasteiger partial charge in [0.2, 0.25) is 0 Å². The molecule has 0 amide bonds. The number of hydrogen-bond donors (Lipinski definition) is 2. The van der Waals surface area contributed by atoms with Crippen molar-refractivity contribution in [2.24, 2.45) is 0 Å². The summed E-state index contributed by atoms with van der Waals surface area (Å²) in [7, 11) is 0. The van der Waals surface area contributed by atoms with Crippen LogP contribution >= 0.6 is 0 Å². The summed E-state index contributed by atoms with van der Waals surface area (Å²) >= 11 is 0. The maximum atomic E-state index is 12.6. The smallest absolute Gasteiger partial charge is 0.332 e. The first-order chi connectivity index (χ1) is 11.5. The van der Waals surface area contributed by atoms with Crippen LogP contribution in [0.1, 0.15) is 57.2 Å². The Morgan fingerprint density at radius 3 is 2.58 bits per heavy atom. The zero-order chi connectivity index (χ0) is 17.3. The molecule has 0 spiro atoms. The Labute approximate surface area is 138 Å². The van der Waals surface area contributed by atoms with Crippen LogP contribution in [0.25, 0.3) is 11.2 Å². The van der Waals surface area contributed by atoms with Crippen molar-refractivity contribution in [2.45, 2.75) is 64.5 Å². The number of nitrogens with one attached hydrogen (secondary N) is 1. The average Bonchev–Trinajstić information content (AvgIpc) is 3.20. The molecule has 2 aromatic rings. The second-order valence-electron chi connectivity index (χ2n) is 6.34. The second kappa shape index (κ2) is 6.62. The van der Waals surface area contributed by atoms with Crippen LogP contribution in [0.4, 0.5) is 0 Å². The molecule has 130 valence electrons. The van der Waals surface area contributed by atoms with Crippen molar-refractivity contribution < 1.29 is 9.90 Å². The molecule has 0 saturated heterocycles. The third-order valence-corrected chi connectivity index (χ3v) is 4.62. The third-order valence-electron chi connectivity index (χ3n) is 4.62. The minimum atomic E-state index is -0.991. The van der Waals surface area contributed by atoms with E-state index < -0.39 is 11.7 Å². The Kier molecular flexibility index (Phi) is 4.55. The molecule has 2 aromatic heterocycles. The first-order valence-corrected chi connectivity index (χ1v) is 8.48. The van der Waals surface area contributed by atoms with E-state index in [9.17, 15) is 14.4 Å². The molecule has 1 saturated carbocycles. The molecule has 1 fully saturated rings. The summed E-state index contributed by atoms with van der Waals surface area (Å²) in [6, 6.07) is 0. The van der Waals surface area contributed by atoms with Crippen LogP contribution < -0.4 is 11.2 Å². The lowest BCUT2D eigenvalue weighted by Gasteiger charge is -2.09. The summed E-state index contributed by atoms with van der Waals surface area (Å²) in [4.78, 5) is 43.7. The molecule has 1 aliphatic carbocycles.